The van der Waals surface area contributed by atoms with Crippen LogP contribution in [0, 0.1) is 0 Å². The lowest BCUT2D eigenvalue weighted by Crippen LogP contribution is -2.18. The minimum Gasteiger partial charge on any atom is -0.493 e. The Balaban J connectivity index is 2.76. The third-order valence-electron chi connectivity index (χ3n) is 2.33. The average Bonchev–Trinajstić information content (AvgIpc) is 2.35. The SMILES string of the molecule is COc1cc(Cl)cc(CCN)c1OCCOC(F)(F)F. The fourth-order valence-corrected chi connectivity index (χ4v) is 1.81. The molecule has 114 valence electrons. The average molecular weight is 314 g/mol. The summed E-state index contributed by atoms with van der Waals surface area (Å²) in [7, 11) is 1.41. The molecular formula is C12H15ClF3NO3. The Morgan fingerprint density at radius 1 is 1.25 bits per heavy atom. The number of alkyl halides is 3. The molecule has 0 aromatic heterocycles. The quantitative estimate of drug-likeness (QED) is 0.786. The van der Waals surface area contributed by atoms with Gasteiger partial charge in [-0.25, -0.2) is 0 Å². The van der Waals surface area contributed by atoms with Crippen molar-refractivity contribution in [1.82, 2.24) is 0 Å². The van der Waals surface area contributed by atoms with E-state index in [1.165, 1.54) is 13.2 Å². The Labute approximate surface area is 119 Å². The summed E-state index contributed by atoms with van der Waals surface area (Å²) in [4.78, 5) is 0. The third kappa shape index (κ3) is 5.44. The highest BCUT2D eigenvalue weighted by molar-refractivity contribution is 6.30. The van der Waals surface area contributed by atoms with Gasteiger partial charge in [0.15, 0.2) is 11.5 Å². The second kappa shape index (κ2) is 7.56. The van der Waals surface area contributed by atoms with Crippen molar-refractivity contribution in [2.24, 2.45) is 5.73 Å². The Morgan fingerprint density at radius 2 is 1.95 bits per heavy atom. The predicted octanol–water partition coefficient (Wildman–Crippen LogP) is 2.77. The molecule has 0 atom stereocenters. The number of ether oxygens (including phenoxy) is 3. The first kappa shape index (κ1) is 16.9. The summed E-state index contributed by atoms with van der Waals surface area (Å²) in [5.74, 6) is 0.668. The molecule has 0 radical (unpaired) electrons. The lowest BCUT2D eigenvalue weighted by Gasteiger charge is -2.16. The maximum atomic E-state index is 11.8. The Hall–Kier alpha value is -1.18. The third-order valence-corrected chi connectivity index (χ3v) is 2.54. The zero-order valence-corrected chi connectivity index (χ0v) is 11.6. The van der Waals surface area contributed by atoms with Crippen LogP contribution in [-0.4, -0.2) is 33.2 Å². The van der Waals surface area contributed by atoms with E-state index in [0.29, 0.717) is 35.1 Å². The molecule has 0 bridgehead atoms. The van der Waals surface area contributed by atoms with E-state index < -0.39 is 13.0 Å². The molecule has 2 N–H and O–H groups in total. The summed E-state index contributed by atoms with van der Waals surface area (Å²) in [6.45, 7) is -0.536. The van der Waals surface area contributed by atoms with Gasteiger partial charge < -0.3 is 15.2 Å². The highest BCUT2D eigenvalue weighted by atomic mass is 35.5. The maximum absolute atomic E-state index is 11.8. The lowest BCUT2D eigenvalue weighted by molar-refractivity contribution is -0.325. The molecular weight excluding hydrogens is 299 g/mol. The standard InChI is InChI=1S/C12H15ClF3NO3/c1-18-10-7-9(13)6-8(2-3-17)11(10)19-4-5-20-12(14,15)16/h6-7H,2-5,17H2,1H3. The van der Waals surface area contributed by atoms with Crippen molar-refractivity contribution in [1.29, 1.82) is 0 Å². The summed E-state index contributed by atoms with van der Waals surface area (Å²) in [6, 6.07) is 3.15. The monoisotopic (exact) mass is 313 g/mol. The smallest absolute Gasteiger partial charge is 0.493 e. The molecule has 1 aromatic carbocycles. The molecule has 0 saturated carbocycles. The van der Waals surface area contributed by atoms with E-state index in [9.17, 15) is 13.2 Å². The van der Waals surface area contributed by atoms with Crippen LogP contribution in [0.3, 0.4) is 0 Å². The summed E-state index contributed by atoms with van der Waals surface area (Å²) in [5, 5.41) is 0.434. The van der Waals surface area contributed by atoms with Gasteiger partial charge in [-0.3, -0.25) is 4.74 Å². The van der Waals surface area contributed by atoms with Crippen molar-refractivity contribution in [3.8, 4) is 11.5 Å². The zero-order valence-electron chi connectivity index (χ0n) is 10.8. The van der Waals surface area contributed by atoms with Gasteiger partial charge in [0.25, 0.3) is 0 Å². The predicted molar refractivity (Wildman–Crippen MR) is 68.3 cm³/mol. The number of methoxy groups -OCH3 is 1. The largest absolute Gasteiger partial charge is 0.522 e. The summed E-state index contributed by atoms with van der Waals surface area (Å²) in [6.07, 6.45) is -4.21. The highest BCUT2D eigenvalue weighted by Gasteiger charge is 2.28. The van der Waals surface area contributed by atoms with Crippen molar-refractivity contribution < 1.29 is 27.4 Å². The van der Waals surface area contributed by atoms with Crippen LogP contribution >= 0.6 is 11.6 Å². The van der Waals surface area contributed by atoms with E-state index in [1.807, 2.05) is 0 Å². The van der Waals surface area contributed by atoms with E-state index in [-0.39, 0.29) is 6.61 Å². The van der Waals surface area contributed by atoms with Crippen molar-refractivity contribution >= 4 is 11.6 Å². The van der Waals surface area contributed by atoms with Gasteiger partial charge in [-0.05, 0) is 19.0 Å². The van der Waals surface area contributed by atoms with Crippen LogP contribution in [-0.2, 0) is 11.2 Å². The number of rotatable bonds is 7. The molecule has 1 rings (SSSR count). The van der Waals surface area contributed by atoms with E-state index in [2.05, 4.69) is 4.74 Å². The molecule has 20 heavy (non-hydrogen) atoms. The van der Waals surface area contributed by atoms with Gasteiger partial charge in [0.2, 0.25) is 0 Å². The van der Waals surface area contributed by atoms with Crippen LogP contribution in [0.5, 0.6) is 11.5 Å². The zero-order chi connectivity index (χ0) is 15.2. The molecule has 0 fully saturated rings. The fourth-order valence-electron chi connectivity index (χ4n) is 1.58. The topological polar surface area (TPSA) is 53.7 Å². The first-order chi connectivity index (χ1) is 9.37. The van der Waals surface area contributed by atoms with Crippen LogP contribution in [0.25, 0.3) is 0 Å². The van der Waals surface area contributed by atoms with Crippen LogP contribution in [0.1, 0.15) is 5.56 Å². The lowest BCUT2D eigenvalue weighted by atomic mass is 10.1. The maximum Gasteiger partial charge on any atom is 0.522 e. The molecule has 4 nitrogen and oxygen atoms in total. The number of hydrogen-bond acceptors (Lipinski definition) is 4. The van der Waals surface area contributed by atoms with Crippen molar-refractivity contribution in [3.05, 3.63) is 22.7 Å². The molecule has 0 aliphatic carbocycles. The van der Waals surface area contributed by atoms with Gasteiger partial charge >= 0.3 is 6.36 Å². The second-order valence-electron chi connectivity index (χ2n) is 3.78. The molecule has 0 spiro atoms. The number of hydrogen-bond donors (Lipinski definition) is 1. The first-order valence-corrected chi connectivity index (χ1v) is 6.15. The molecule has 1 aromatic rings. The van der Waals surface area contributed by atoms with Gasteiger partial charge in [0, 0.05) is 16.7 Å². The molecule has 0 amide bonds. The Morgan fingerprint density at radius 3 is 2.50 bits per heavy atom. The minimum atomic E-state index is -4.67. The molecule has 0 heterocycles. The van der Waals surface area contributed by atoms with Crippen LogP contribution in [0.4, 0.5) is 13.2 Å². The Kier molecular flexibility index (Phi) is 6.38. The van der Waals surface area contributed by atoms with Crippen LogP contribution in [0.2, 0.25) is 5.02 Å². The van der Waals surface area contributed by atoms with Crippen molar-refractivity contribution in [3.63, 3.8) is 0 Å². The fraction of sp³-hybridized carbons (Fsp3) is 0.500. The number of benzene rings is 1. The minimum absolute atomic E-state index is 0.269. The first-order valence-electron chi connectivity index (χ1n) is 5.77. The molecule has 0 unspecified atom stereocenters. The highest BCUT2D eigenvalue weighted by Crippen LogP contribution is 2.35. The summed E-state index contributed by atoms with van der Waals surface area (Å²) in [5.41, 5.74) is 6.14. The van der Waals surface area contributed by atoms with Crippen LogP contribution < -0.4 is 15.2 Å². The Bertz CT molecular complexity index is 441. The van der Waals surface area contributed by atoms with E-state index in [1.54, 1.807) is 6.07 Å². The van der Waals surface area contributed by atoms with E-state index >= 15 is 0 Å². The van der Waals surface area contributed by atoms with Gasteiger partial charge in [-0.15, -0.1) is 13.2 Å². The molecule has 0 aliphatic rings. The van der Waals surface area contributed by atoms with E-state index in [0.717, 1.165) is 0 Å². The van der Waals surface area contributed by atoms with Gasteiger partial charge in [0.1, 0.15) is 6.61 Å². The molecule has 0 aliphatic heterocycles. The molecule has 8 heteroatoms. The number of halogens is 4. The van der Waals surface area contributed by atoms with Gasteiger partial charge in [-0.2, -0.15) is 0 Å². The molecule has 0 saturated heterocycles. The number of nitrogens with two attached hydrogens (primary N) is 1. The van der Waals surface area contributed by atoms with Gasteiger partial charge in [-0.1, -0.05) is 11.6 Å². The summed E-state index contributed by atoms with van der Waals surface area (Å²) < 4.78 is 49.6. The van der Waals surface area contributed by atoms with E-state index in [4.69, 9.17) is 26.8 Å². The summed E-state index contributed by atoms with van der Waals surface area (Å²) >= 11 is 5.91. The van der Waals surface area contributed by atoms with Crippen LogP contribution in [0.15, 0.2) is 12.1 Å². The van der Waals surface area contributed by atoms with Gasteiger partial charge in [0.05, 0.1) is 13.7 Å². The van der Waals surface area contributed by atoms with Crippen molar-refractivity contribution in [2.75, 3.05) is 26.9 Å². The van der Waals surface area contributed by atoms with Crippen molar-refractivity contribution in [2.45, 2.75) is 12.8 Å². The normalized spacial score (nSPS) is 11.5. The second-order valence-corrected chi connectivity index (χ2v) is 4.21.